The van der Waals surface area contributed by atoms with Crippen molar-refractivity contribution in [2.75, 3.05) is 36.5 Å². The zero-order chi connectivity index (χ0) is 24.2. The molecule has 0 bridgehead atoms. The molecule has 178 valence electrons. The van der Waals surface area contributed by atoms with Gasteiger partial charge in [-0.1, -0.05) is 30.3 Å². The first kappa shape index (κ1) is 22.8. The van der Waals surface area contributed by atoms with Crippen molar-refractivity contribution < 1.29 is 9.18 Å². The Bertz CT molecular complexity index is 1280. The molecule has 0 saturated carbocycles. The fraction of sp³-hybridized carbons (Fsp3) is 0.214. The molecule has 6 nitrogen and oxygen atoms in total. The largest absolute Gasteiger partial charge is 0.369 e. The summed E-state index contributed by atoms with van der Waals surface area (Å²) in [6.07, 6.45) is 3.24. The van der Waals surface area contributed by atoms with E-state index in [0.29, 0.717) is 5.56 Å². The van der Waals surface area contributed by atoms with E-state index in [1.807, 2.05) is 41.9 Å². The molecule has 1 N–H and O–H groups in total. The van der Waals surface area contributed by atoms with E-state index in [9.17, 15) is 9.18 Å². The Hall–Kier alpha value is -3.97. The molecule has 1 aliphatic heterocycles. The number of carbonyl (C=O) groups is 1. The maximum absolute atomic E-state index is 13.3. The fourth-order valence-electron chi connectivity index (χ4n) is 4.51. The number of amides is 1. The molecule has 1 fully saturated rings. The molecule has 1 aliphatic rings. The van der Waals surface area contributed by atoms with Crippen LogP contribution in [0.1, 0.15) is 21.6 Å². The molecule has 1 amide bonds. The average Bonchev–Trinajstić information content (AvgIpc) is 3.20. The monoisotopic (exact) mass is 469 g/mol. The van der Waals surface area contributed by atoms with Gasteiger partial charge in [0, 0.05) is 67.6 Å². The normalized spacial score (nSPS) is 14.2. The van der Waals surface area contributed by atoms with Gasteiger partial charge in [0.2, 0.25) is 0 Å². The highest BCUT2D eigenvalue weighted by Crippen LogP contribution is 2.27. The summed E-state index contributed by atoms with van der Waals surface area (Å²) >= 11 is 0. The van der Waals surface area contributed by atoms with E-state index in [-0.39, 0.29) is 11.7 Å². The van der Waals surface area contributed by atoms with Gasteiger partial charge in [-0.05, 0) is 55.0 Å². The molecular weight excluding hydrogens is 441 g/mol. The Balaban J connectivity index is 1.35. The summed E-state index contributed by atoms with van der Waals surface area (Å²) < 4.78 is 15.2. The minimum absolute atomic E-state index is 0.178. The molecule has 0 atom stereocenters. The summed E-state index contributed by atoms with van der Waals surface area (Å²) in [7, 11) is 0. The summed E-state index contributed by atoms with van der Waals surface area (Å²) in [6.45, 7) is 6.42. The van der Waals surface area contributed by atoms with Gasteiger partial charge in [0.05, 0.1) is 5.69 Å². The number of carbonyl (C=O) groups excluding carboxylic acids is 1. The van der Waals surface area contributed by atoms with Gasteiger partial charge in [-0.15, -0.1) is 0 Å². The smallest absolute Gasteiger partial charge is 0.270 e. The fourth-order valence-corrected chi connectivity index (χ4v) is 4.51. The predicted molar refractivity (Wildman–Crippen MR) is 136 cm³/mol. The van der Waals surface area contributed by atoms with Crippen LogP contribution in [-0.2, 0) is 6.54 Å². The molecule has 1 saturated heterocycles. The van der Waals surface area contributed by atoms with E-state index in [4.69, 9.17) is 0 Å². The van der Waals surface area contributed by atoms with Crippen LogP contribution in [-0.4, -0.2) is 46.6 Å². The van der Waals surface area contributed by atoms with Crippen molar-refractivity contribution in [3.8, 4) is 11.3 Å². The summed E-state index contributed by atoms with van der Waals surface area (Å²) in [4.78, 5) is 21.7. The second-order valence-corrected chi connectivity index (χ2v) is 8.76. The SMILES string of the molecule is Cc1c(CN2CCN(c3ccc(F)cc3)CC2)cc(-c2ccccc2)n1NC(=O)c1ccncc1. The number of hydrogen-bond acceptors (Lipinski definition) is 4. The molecule has 4 aromatic rings. The summed E-state index contributed by atoms with van der Waals surface area (Å²) in [6, 6.07) is 22.4. The topological polar surface area (TPSA) is 53.4 Å². The molecule has 2 aromatic heterocycles. The van der Waals surface area contributed by atoms with E-state index >= 15 is 0 Å². The van der Waals surface area contributed by atoms with Gasteiger partial charge in [0.25, 0.3) is 5.91 Å². The Labute approximate surface area is 204 Å². The summed E-state index contributed by atoms with van der Waals surface area (Å²) in [5.41, 5.74) is 8.86. The number of aromatic nitrogens is 2. The third-order valence-electron chi connectivity index (χ3n) is 6.54. The van der Waals surface area contributed by atoms with Crippen LogP contribution in [0.5, 0.6) is 0 Å². The number of pyridine rings is 1. The number of nitrogens with zero attached hydrogens (tertiary/aromatic N) is 4. The molecule has 0 unspecified atom stereocenters. The zero-order valence-corrected chi connectivity index (χ0v) is 19.7. The second kappa shape index (κ2) is 10.1. The number of nitrogens with one attached hydrogen (secondary N) is 1. The lowest BCUT2D eigenvalue weighted by atomic mass is 10.1. The van der Waals surface area contributed by atoms with Crippen molar-refractivity contribution in [2.24, 2.45) is 0 Å². The quantitative estimate of drug-likeness (QED) is 0.445. The number of halogens is 1. The first-order valence-electron chi connectivity index (χ1n) is 11.8. The van der Waals surface area contributed by atoms with Crippen LogP contribution in [0.2, 0.25) is 0 Å². The molecule has 35 heavy (non-hydrogen) atoms. The standard InChI is InChI=1S/C28H28FN5O/c1-21-24(20-32-15-17-33(18-16-32)26-9-7-25(29)8-10-26)19-27(22-5-3-2-4-6-22)34(21)31-28(35)23-11-13-30-14-12-23/h2-14,19H,15-18,20H2,1H3,(H,31,35). The highest BCUT2D eigenvalue weighted by Gasteiger charge is 2.21. The maximum Gasteiger partial charge on any atom is 0.270 e. The lowest BCUT2D eigenvalue weighted by Gasteiger charge is -2.36. The van der Waals surface area contributed by atoms with E-state index in [2.05, 4.69) is 38.4 Å². The number of piperazine rings is 1. The molecular formula is C28H28FN5O. The first-order chi connectivity index (χ1) is 17.1. The van der Waals surface area contributed by atoms with Crippen LogP contribution >= 0.6 is 0 Å². The number of benzene rings is 2. The maximum atomic E-state index is 13.3. The minimum Gasteiger partial charge on any atom is -0.369 e. The lowest BCUT2D eigenvalue weighted by molar-refractivity contribution is 0.101. The van der Waals surface area contributed by atoms with Crippen LogP contribution in [0.25, 0.3) is 11.3 Å². The average molecular weight is 470 g/mol. The zero-order valence-electron chi connectivity index (χ0n) is 19.7. The van der Waals surface area contributed by atoms with Gasteiger partial charge in [0.1, 0.15) is 5.82 Å². The van der Waals surface area contributed by atoms with Crippen molar-refractivity contribution in [3.05, 3.63) is 108 Å². The van der Waals surface area contributed by atoms with Gasteiger partial charge in [0.15, 0.2) is 0 Å². The summed E-state index contributed by atoms with van der Waals surface area (Å²) in [5.74, 6) is -0.389. The molecule has 0 aliphatic carbocycles. The van der Waals surface area contributed by atoms with Crippen LogP contribution in [0.4, 0.5) is 10.1 Å². The molecule has 7 heteroatoms. The minimum atomic E-state index is -0.211. The van der Waals surface area contributed by atoms with Crippen molar-refractivity contribution in [2.45, 2.75) is 13.5 Å². The van der Waals surface area contributed by atoms with Crippen LogP contribution in [0.3, 0.4) is 0 Å². The third kappa shape index (κ3) is 5.10. The van der Waals surface area contributed by atoms with Gasteiger partial charge >= 0.3 is 0 Å². The lowest BCUT2D eigenvalue weighted by Crippen LogP contribution is -2.46. The van der Waals surface area contributed by atoms with Crippen molar-refractivity contribution in [1.29, 1.82) is 0 Å². The number of rotatable bonds is 6. The molecule has 3 heterocycles. The first-order valence-corrected chi connectivity index (χ1v) is 11.8. The van der Waals surface area contributed by atoms with Crippen molar-refractivity contribution in [1.82, 2.24) is 14.6 Å². The summed E-state index contributed by atoms with van der Waals surface area (Å²) in [5, 5.41) is 0. The second-order valence-electron chi connectivity index (χ2n) is 8.76. The Morgan fingerprint density at radius 3 is 2.31 bits per heavy atom. The number of hydrogen-bond donors (Lipinski definition) is 1. The highest BCUT2D eigenvalue weighted by atomic mass is 19.1. The number of anilines is 1. The van der Waals surface area contributed by atoms with Gasteiger partial charge < -0.3 is 4.90 Å². The van der Waals surface area contributed by atoms with Crippen molar-refractivity contribution in [3.63, 3.8) is 0 Å². The van der Waals surface area contributed by atoms with E-state index < -0.39 is 0 Å². The van der Waals surface area contributed by atoms with Crippen LogP contribution in [0.15, 0.2) is 85.2 Å². The third-order valence-corrected chi connectivity index (χ3v) is 6.54. The van der Waals surface area contributed by atoms with Gasteiger partial charge in [-0.25, -0.2) is 4.39 Å². The Morgan fingerprint density at radius 2 is 1.63 bits per heavy atom. The van der Waals surface area contributed by atoms with E-state index in [0.717, 1.165) is 55.4 Å². The molecule has 0 radical (unpaired) electrons. The van der Waals surface area contributed by atoms with E-state index in [1.54, 1.807) is 24.5 Å². The van der Waals surface area contributed by atoms with Crippen LogP contribution in [0, 0.1) is 12.7 Å². The van der Waals surface area contributed by atoms with E-state index in [1.165, 1.54) is 17.7 Å². The molecule has 2 aromatic carbocycles. The van der Waals surface area contributed by atoms with Crippen molar-refractivity contribution >= 4 is 11.6 Å². The predicted octanol–water partition coefficient (Wildman–Crippen LogP) is 4.70. The molecule has 5 rings (SSSR count). The van der Waals surface area contributed by atoms with Gasteiger partial charge in [-0.2, -0.15) is 0 Å². The Kier molecular flexibility index (Phi) is 6.59. The Morgan fingerprint density at radius 1 is 0.943 bits per heavy atom. The van der Waals surface area contributed by atoms with Crippen LogP contribution < -0.4 is 10.3 Å². The van der Waals surface area contributed by atoms with Gasteiger partial charge in [-0.3, -0.25) is 24.8 Å². The highest BCUT2D eigenvalue weighted by molar-refractivity contribution is 6.00. The molecule has 0 spiro atoms.